The first-order chi connectivity index (χ1) is 6.64. The number of hydrogen-bond acceptors (Lipinski definition) is 1. The Kier molecular flexibility index (Phi) is 2.17. The zero-order valence-electron chi connectivity index (χ0n) is 8.06. The smallest absolute Gasteiger partial charge is 0.276 e. The van der Waals surface area contributed by atoms with Gasteiger partial charge in [-0.2, -0.15) is 0 Å². The van der Waals surface area contributed by atoms with E-state index in [4.69, 9.17) is 0 Å². The quantitative estimate of drug-likeness (QED) is 0.784. The minimum Gasteiger partial charge on any atom is -0.388 e. The highest BCUT2D eigenvalue weighted by Gasteiger charge is 2.47. The van der Waals surface area contributed by atoms with Gasteiger partial charge in [0.05, 0.1) is 0 Å². The standard InChI is InChI=1S/C11H13F2N/c1-14-10-4-2-3-9(7-10)11(12,13)8-5-6-8/h2-4,7-8,14H,5-6H2,1H3. The average molecular weight is 197 g/mol. The van der Waals surface area contributed by atoms with Crippen LogP contribution in [0.3, 0.4) is 0 Å². The zero-order valence-corrected chi connectivity index (χ0v) is 8.06. The predicted octanol–water partition coefficient (Wildman–Crippen LogP) is 3.23. The first-order valence-corrected chi connectivity index (χ1v) is 4.80. The van der Waals surface area contributed by atoms with E-state index < -0.39 is 11.8 Å². The van der Waals surface area contributed by atoms with Crippen molar-refractivity contribution in [3.8, 4) is 0 Å². The Hall–Kier alpha value is -1.12. The Morgan fingerprint density at radius 2 is 2.07 bits per heavy atom. The first-order valence-electron chi connectivity index (χ1n) is 4.80. The molecule has 1 aliphatic carbocycles. The molecule has 0 bridgehead atoms. The molecule has 1 fully saturated rings. The summed E-state index contributed by atoms with van der Waals surface area (Å²) in [7, 11) is 1.73. The van der Waals surface area contributed by atoms with Crippen LogP contribution in [0.25, 0.3) is 0 Å². The molecule has 1 aromatic carbocycles. The number of nitrogens with one attached hydrogen (secondary N) is 1. The minimum atomic E-state index is -2.65. The lowest BCUT2D eigenvalue weighted by Gasteiger charge is -2.16. The van der Waals surface area contributed by atoms with Gasteiger partial charge in [-0.25, -0.2) is 8.78 Å². The van der Waals surface area contributed by atoms with Crippen molar-refractivity contribution in [1.29, 1.82) is 0 Å². The zero-order chi connectivity index (χ0) is 10.2. The molecule has 0 aromatic heterocycles. The van der Waals surface area contributed by atoms with E-state index >= 15 is 0 Å². The van der Waals surface area contributed by atoms with Crippen molar-refractivity contribution in [1.82, 2.24) is 0 Å². The fourth-order valence-electron chi connectivity index (χ4n) is 1.56. The molecule has 0 saturated heterocycles. The molecule has 1 aliphatic rings. The molecule has 1 aromatic rings. The van der Waals surface area contributed by atoms with Gasteiger partial charge < -0.3 is 5.32 Å². The summed E-state index contributed by atoms with van der Waals surface area (Å²) in [6.45, 7) is 0. The molecule has 1 saturated carbocycles. The van der Waals surface area contributed by atoms with E-state index in [0.29, 0.717) is 12.8 Å². The number of halogens is 2. The summed E-state index contributed by atoms with van der Waals surface area (Å²) in [6.07, 6.45) is 1.30. The number of alkyl halides is 2. The molecule has 0 spiro atoms. The van der Waals surface area contributed by atoms with Gasteiger partial charge in [-0.3, -0.25) is 0 Å². The topological polar surface area (TPSA) is 12.0 Å². The van der Waals surface area contributed by atoms with Crippen molar-refractivity contribution >= 4 is 5.69 Å². The third kappa shape index (κ3) is 1.59. The van der Waals surface area contributed by atoms with Gasteiger partial charge in [-0.05, 0) is 25.0 Å². The summed E-state index contributed by atoms with van der Waals surface area (Å²) in [5.74, 6) is -3.08. The second kappa shape index (κ2) is 3.23. The maximum Gasteiger partial charge on any atom is 0.276 e. The van der Waals surface area contributed by atoms with Crippen LogP contribution >= 0.6 is 0 Å². The van der Waals surface area contributed by atoms with E-state index in [0.717, 1.165) is 5.69 Å². The van der Waals surface area contributed by atoms with Crippen LogP contribution in [0.4, 0.5) is 14.5 Å². The molecular formula is C11H13F2N. The lowest BCUT2D eigenvalue weighted by Crippen LogP contribution is -2.16. The molecule has 2 rings (SSSR count). The Morgan fingerprint density at radius 1 is 1.36 bits per heavy atom. The summed E-state index contributed by atoms with van der Waals surface area (Å²) < 4.78 is 27.3. The van der Waals surface area contributed by atoms with Crippen molar-refractivity contribution in [2.45, 2.75) is 18.8 Å². The van der Waals surface area contributed by atoms with Crippen LogP contribution in [-0.4, -0.2) is 7.05 Å². The molecule has 1 nitrogen and oxygen atoms in total. The largest absolute Gasteiger partial charge is 0.388 e. The monoisotopic (exact) mass is 197 g/mol. The van der Waals surface area contributed by atoms with Gasteiger partial charge in [0.25, 0.3) is 5.92 Å². The van der Waals surface area contributed by atoms with Crippen LogP contribution < -0.4 is 5.32 Å². The first kappa shape index (κ1) is 9.44. The highest BCUT2D eigenvalue weighted by molar-refractivity contribution is 5.46. The van der Waals surface area contributed by atoms with Gasteiger partial charge in [0.2, 0.25) is 0 Å². The minimum absolute atomic E-state index is 0.131. The summed E-state index contributed by atoms with van der Waals surface area (Å²) >= 11 is 0. The molecule has 0 atom stereocenters. The van der Waals surface area contributed by atoms with Gasteiger partial charge >= 0.3 is 0 Å². The molecule has 76 valence electrons. The number of anilines is 1. The van der Waals surface area contributed by atoms with E-state index in [2.05, 4.69) is 5.32 Å². The molecule has 0 aliphatic heterocycles. The fourth-order valence-corrected chi connectivity index (χ4v) is 1.56. The number of benzene rings is 1. The Morgan fingerprint density at radius 3 is 2.64 bits per heavy atom. The lowest BCUT2D eigenvalue weighted by molar-refractivity contribution is -0.0284. The average Bonchev–Trinajstić information content (AvgIpc) is 3.01. The van der Waals surface area contributed by atoms with Crippen LogP contribution in [0.15, 0.2) is 24.3 Å². The molecule has 14 heavy (non-hydrogen) atoms. The SMILES string of the molecule is CNc1cccc(C(F)(F)C2CC2)c1. The van der Waals surface area contributed by atoms with Crippen molar-refractivity contribution in [2.24, 2.45) is 5.92 Å². The normalized spacial score (nSPS) is 16.8. The Bertz CT molecular complexity index is 332. The predicted molar refractivity (Wildman–Crippen MR) is 52.6 cm³/mol. The number of hydrogen-bond donors (Lipinski definition) is 1. The van der Waals surface area contributed by atoms with E-state index in [-0.39, 0.29) is 5.56 Å². The van der Waals surface area contributed by atoms with Crippen molar-refractivity contribution in [2.75, 3.05) is 12.4 Å². The Balaban J connectivity index is 2.30. The van der Waals surface area contributed by atoms with Crippen LogP contribution in [0.1, 0.15) is 18.4 Å². The summed E-state index contributed by atoms with van der Waals surface area (Å²) in [5, 5.41) is 2.87. The second-order valence-electron chi connectivity index (χ2n) is 3.73. The summed E-state index contributed by atoms with van der Waals surface area (Å²) in [6, 6.07) is 6.47. The highest BCUT2D eigenvalue weighted by atomic mass is 19.3. The van der Waals surface area contributed by atoms with Crippen LogP contribution in [0.2, 0.25) is 0 Å². The Labute approximate surface area is 82.1 Å². The van der Waals surface area contributed by atoms with Gasteiger partial charge in [-0.1, -0.05) is 12.1 Å². The van der Waals surface area contributed by atoms with Crippen molar-refractivity contribution in [3.63, 3.8) is 0 Å². The highest BCUT2D eigenvalue weighted by Crippen LogP contribution is 2.49. The molecule has 3 heteroatoms. The molecule has 1 N–H and O–H groups in total. The molecule has 0 amide bonds. The van der Waals surface area contributed by atoms with Crippen LogP contribution in [-0.2, 0) is 5.92 Å². The summed E-state index contributed by atoms with van der Waals surface area (Å²) in [5.41, 5.74) is 0.870. The molecule has 0 radical (unpaired) electrons. The molecule has 0 unspecified atom stereocenters. The number of rotatable bonds is 3. The van der Waals surface area contributed by atoms with Crippen molar-refractivity contribution < 1.29 is 8.78 Å². The van der Waals surface area contributed by atoms with E-state index in [1.54, 1.807) is 19.2 Å². The van der Waals surface area contributed by atoms with Gasteiger partial charge in [0.15, 0.2) is 0 Å². The molecular weight excluding hydrogens is 184 g/mol. The third-order valence-corrected chi connectivity index (χ3v) is 2.63. The maximum atomic E-state index is 13.6. The van der Waals surface area contributed by atoms with Gasteiger partial charge in [-0.15, -0.1) is 0 Å². The van der Waals surface area contributed by atoms with E-state index in [1.165, 1.54) is 12.1 Å². The van der Waals surface area contributed by atoms with Gasteiger partial charge in [0.1, 0.15) is 0 Å². The fraction of sp³-hybridized carbons (Fsp3) is 0.455. The van der Waals surface area contributed by atoms with Crippen LogP contribution in [0, 0.1) is 5.92 Å². The van der Waals surface area contributed by atoms with Crippen molar-refractivity contribution in [3.05, 3.63) is 29.8 Å². The van der Waals surface area contributed by atoms with E-state index in [9.17, 15) is 8.78 Å². The second-order valence-corrected chi connectivity index (χ2v) is 3.73. The lowest BCUT2D eigenvalue weighted by atomic mass is 10.0. The molecule has 0 heterocycles. The van der Waals surface area contributed by atoms with Crippen LogP contribution in [0.5, 0.6) is 0 Å². The maximum absolute atomic E-state index is 13.6. The summed E-state index contributed by atoms with van der Waals surface area (Å²) in [4.78, 5) is 0. The van der Waals surface area contributed by atoms with E-state index in [1.807, 2.05) is 0 Å². The van der Waals surface area contributed by atoms with Gasteiger partial charge in [0, 0.05) is 24.2 Å². The third-order valence-electron chi connectivity index (χ3n) is 2.63.